The molecule has 176 valence electrons. The van der Waals surface area contributed by atoms with E-state index in [0.29, 0.717) is 18.8 Å². The molecule has 1 aliphatic rings. The van der Waals surface area contributed by atoms with Crippen molar-refractivity contribution < 1.29 is 28.6 Å². The third kappa shape index (κ3) is 4.93. The first-order valence-corrected chi connectivity index (χ1v) is 11.0. The minimum atomic E-state index is -1.06. The van der Waals surface area contributed by atoms with E-state index in [1.807, 2.05) is 33.8 Å². The Bertz CT molecular complexity index is 1090. The van der Waals surface area contributed by atoms with E-state index in [0.717, 1.165) is 11.1 Å². The first-order valence-electron chi connectivity index (χ1n) is 11.0. The molecule has 0 saturated carbocycles. The van der Waals surface area contributed by atoms with Gasteiger partial charge in [0, 0.05) is 18.7 Å². The number of aryl methyl sites for hydroxylation is 2. The Morgan fingerprint density at radius 3 is 2.52 bits per heavy atom. The summed E-state index contributed by atoms with van der Waals surface area (Å²) in [5, 5.41) is 11.3. The zero-order chi connectivity index (χ0) is 24.3. The average molecular weight is 456 g/mol. The van der Waals surface area contributed by atoms with Crippen molar-refractivity contribution in [2.75, 3.05) is 20.3 Å². The lowest BCUT2D eigenvalue weighted by molar-refractivity contribution is -0.140. The Morgan fingerprint density at radius 2 is 1.88 bits per heavy atom. The molecule has 1 amide bonds. The normalized spacial score (nSPS) is 17.8. The van der Waals surface area contributed by atoms with E-state index in [9.17, 15) is 19.1 Å². The van der Waals surface area contributed by atoms with Gasteiger partial charge in [0.05, 0.1) is 30.4 Å². The van der Waals surface area contributed by atoms with Crippen molar-refractivity contribution in [1.29, 1.82) is 0 Å². The number of hydrogen-bond donors (Lipinski definition) is 1. The molecule has 0 aromatic heterocycles. The van der Waals surface area contributed by atoms with Gasteiger partial charge in [0.15, 0.2) is 0 Å². The van der Waals surface area contributed by atoms with Gasteiger partial charge in [0.2, 0.25) is 0 Å². The second kappa shape index (κ2) is 10.2. The number of nitrogens with zero attached hydrogens (tertiary/aromatic N) is 1. The van der Waals surface area contributed by atoms with Gasteiger partial charge in [-0.2, -0.15) is 0 Å². The molecule has 0 aliphatic carbocycles. The molecule has 1 aliphatic heterocycles. The molecule has 1 saturated heterocycles. The fourth-order valence-corrected chi connectivity index (χ4v) is 4.23. The second-order valence-electron chi connectivity index (χ2n) is 8.45. The second-order valence-corrected chi connectivity index (χ2v) is 8.45. The molecule has 0 spiro atoms. The van der Waals surface area contributed by atoms with Crippen molar-refractivity contribution in [3.8, 4) is 5.75 Å². The van der Waals surface area contributed by atoms with Gasteiger partial charge in [-0.05, 0) is 57.4 Å². The van der Waals surface area contributed by atoms with Gasteiger partial charge in [-0.15, -0.1) is 0 Å². The van der Waals surface area contributed by atoms with Crippen molar-refractivity contribution in [3.05, 3.63) is 70.0 Å². The maximum absolute atomic E-state index is 14.9. The molecule has 1 fully saturated rings. The van der Waals surface area contributed by atoms with Crippen LogP contribution in [0.25, 0.3) is 5.76 Å². The van der Waals surface area contributed by atoms with E-state index in [-0.39, 0.29) is 35.1 Å². The molecular weight excluding hydrogens is 425 g/mol. The summed E-state index contributed by atoms with van der Waals surface area (Å²) in [5.74, 6) is -2.19. The molecule has 3 rings (SSSR count). The minimum Gasteiger partial charge on any atom is -0.507 e. The predicted molar refractivity (Wildman–Crippen MR) is 124 cm³/mol. The van der Waals surface area contributed by atoms with Gasteiger partial charge >= 0.3 is 0 Å². The largest absolute Gasteiger partial charge is 0.507 e. The lowest BCUT2D eigenvalue weighted by atomic mass is 9.93. The summed E-state index contributed by atoms with van der Waals surface area (Å²) < 4.78 is 25.9. The van der Waals surface area contributed by atoms with Crippen LogP contribution in [0.5, 0.6) is 5.75 Å². The molecule has 1 N–H and O–H groups in total. The lowest BCUT2D eigenvalue weighted by Gasteiger charge is -2.26. The number of hydrogen-bond acceptors (Lipinski definition) is 5. The van der Waals surface area contributed by atoms with Crippen LogP contribution in [0.3, 0.4) is 0 Å². The summed E-state index contributed by atoms with van der Waals surface area (Å²) in [5.41, 5.74) is 1.89. The van der Waals surface area contributed by atoms with Gasteiger partial charge in [0.1, 0.15) is 17.3 Å². The number of benzene rings is 2. The summed E-state index contributed by atoms with van der Waals surface area (Å²) in [6.07, 6.45) is 0.489. The number of halogens is 1. The molecule has 7 heteroatoms. The zero-order valence-electron chi connectivity index (χ0n) is 19.6. The first-order chi connectivity index (χ1) is 15.7. The molecule has 33 heavy (non-hydrogen) atoms. The third-order valence-corrected chi connectivity index (χ3v) is 5.61. The third-order valence-electron chi connectivity index (χ3n) is 5.61. The van der Waals surface area contributed by atoms with Gasteiger partial charge in [-0.1, -0.05) is 24.3 Å². The van der Waals surface area contributed by atoms with E-state index in [1.165, 1.54) is 30.2 Å². The van der Waals surface area contributed by atoms with E-state index in [1.54, 1.807) is 12.1 Å². The maximum Gasteiger partial charge on any atom is 0.295 e. The summed E-state index contributed by atoms with van der Waals surface area (Å²) in [4.78, 5) is 27.4. The fraction of sp³-hybridized carbons (Fsp3) is 0.385. The van der Waals surface area contributed by atoms with Crippen LogP contribution in [0.4, 0.5) is 4.39 Å². The van der Waals surface area contributed by atoms with Crippen LogP contribution < -0.4 is 4.74 Å². The van der Waals surface area contributed by atoms with Gasteiger partial charge in [0.25, 0.3) is 11.7 Å². The van der Waals surface area contributed by atoms with Crippen molar-refractivity contribution in [3.63, 3.8) is 0 Å². The summed E-state index contributed by atoms with van der Waals surface area (Å²) in [6.45, 7) is 8.05. The molecule has 6 nitrogen and oxygen atoms in total. The molecular formula is C26H30FNO5. The van der Waals surface area contributed by atoms with Crippen LogP contribution in [-0.4, -0.2) is 48.1 Å². The highest BCUT2D eigenvalue weighted by Crippen LogP contribution is 2.42. The van der Waals surface area contributed by atoms with E-state index >= 15 is 0 Å². The van der Waals surface area contributed by atoms with Gasteiger partial charge < -0.3 is 19.5 Å². The van der Waals surface area contributed by atoms with E-state index < -0.39 is 23.5 Å². The SMILES string of the molecule is COc1c(C)cc(C)cc1/C(O)=C1\C(=O)C(=O)N(CCCOC(C)C)C1c1ccccc1F. The standard InChI is InChI=1S/C26H30FNO5/c1-15(2)33-12-8-11-28-22(18-9-6-7-10-20(18)27)21(24(30)26(28)31)23(29)19-14-16(3)13-17(4)25(19)32-5/h6-7,9-10,13-15,22,29H,8,11-12H2,1-5H3/b23-21+. The van der Waals surface area contributed by atoms with Crippen molar-refractivity contribution in [1.82, 2.24) is 4.90 Å². The lowest BCUT2D eigenvalue weighted by Crippen LogP contribution is -2.31. The molecule has 2 aromatic carbocycles. The summed E-state index contributed by atoms with van der Waals surface area (Å²) in [6, 6.07) is 8.48. The molecule has 2 aromatic rings. The van der Waals surface area contributed by atoms with Crippen LogP contribution in [0.15, 0.2) is 42.0 Å². The molecule has 0 radical (unpaired) electrons. The Labute approximate surface area is 193 Å². The monoisotopic (exact) mass is 455 g/mol. The van der Waals surface area contributed by atoms with Crippen LogP contribution in [0, 0.1) is 19.7 Å². The topological polar surface area (TPSA) is 76.1 Å². The Morgan fingerprint density at radius 1 is 1.18 bits per heavy atom. The zero-order valence-corrected chi connectivity index (χ0v) is 19.6. The minimum absolute atomic E-state index is 0.0276. The highest BCUT2D eigenvalue weighted by atomic mass is 19.1. The smallest absolute Gasteiger partial charge is 0.295 e. The molecule has 0 bridgehead atoms. The Hall–Kier alpha value is -3.19. The quantitative estimate of drug-likeness (QED) is 0.271. The molecule has 1 unspecified atom stereocenters. The number of carbonyl (C=O) groups is 2. The number of amides is 1. The van der Waals surface area contributed by atoms with Gasteiger partial charge in [-0.3, -0.25) is 9.59 Å². The van der Waals surface area contributed by atoms with Crippen LogP contribution in [-0.2, 0) is 14.3 Å². The van der Waals surface area contributed by atoms with Crippen LogP contribution >= 0.6 is 0 Å². The van der Waals surface area contributed by atoms with Crippen LogP contribution in [0.1, 0.15) is 48.6 Å². The van der Waals surface area contributed by atoms with Crippen molar-refractivity contribution >= 4 is 17.4 Å². The average Bonchev–Trinajstić information content (AvgIpc) is 3.00. The highest BCUT2D eigenvalue weighted by molar-refractivity contribution is 6.46. The Balaban J connectivity index is 2.16. The molecule has 1 atom stereocenters. The van der Waals surface area contributed by atoms with Gasteiger partial charge in [-0.25, -0.2) is 4.39 Å². The summed E-state index contributed by atoms with van der Waals surface area (Å²) >= 11 is 0. The maximum atomic E-state index is 14.9. The fourth-order valence-electron chi connectivity index (χ4n) is 4.23. The first kappa shape index (κ1) is 24.5. The number of carbonyl (C=O) groups excluding carboxylic acids is 2. The number of rotatable bonds is 8. The number of Topliss-reactive ketones (excluding diaryl/α,β-unsaturated/α-hetero) is 1. The number of aliphatic hydroxyl groups is 1. The van der Waals surface area contributed by atoms with Crippen molar-refractivity contribution in [2.24, 2.45) is 0 Å². The number of ketones is 1. The predicted octanol–water partition coefficient (Wildman–Crippen LogP) is 4.69. The van der Waals surface area contributed by atoms with E-state index in [4.69, 9.17) is 9.47 Å². The number of ether oxygens (including phenoxy) is 2. The van der Waals surface area contributed by atoms with Crippen LogP contribution in [0.2, 0.25) is 0 Å². The highest BCUT2D eigenvalue weighted by Gasteiger charge is 2.47. The van der Waals surface area contributed by atoms with Crippen molar-refractivity contribution in [2.45, 2.75) is 46.3 Å². The number of likely N-dealkylation sites (tertiary alicyclic amines) is 1. The number of methoxy groups -OCH3 is 1. The molecule has 1 heterocycles. The Kier molecular flexibility index (Phi) is 7.53. The van der Waals surface area contributed by atoms with E-state index in [2.05, 4.69) is 0 Å². The summed E-state index contributed by atoms with van der Waals surface area (Å²) in [7, 11) is 1.47. The number of aliphatic hydroxyl groups excluding tert-OH is 1.